The summed E-state index contributed by atoms with van der Waals surface area (Å²) >= 11 is 0. The number of benzene rings is 1. The summed E-state index contributed by atoms with van der Waals surface area (Å²) in [5.74, 6) is -0.343. The molecule has 0 atom stereocenters. The molecule has 5 heteroatoms. The van der Waals surface area contributed by atoms with E-state index in [0.717, 1.165) is 18.7 Å². The SMILES string of the molecule is CN(C)C(=O)CNC(=O)c1ccc2c(c1)NCC2. The van der Waals surface area contributed by atoms with Gasteiger partial charge >= 0.3 is 0 Å². The number of carbonyl (C=O) groups is 2. The summed E-state index contributed by atoms with van der Waals surface area (Å²) < 4.78 is 0. The number of fused-ring (bicyclic) bond motifs is 1. The van der Waals surface area contributed by atoms with Crippen LogP contribution in [0.25, 0.3) is 0 Å². The van der Waals surface area contributed by atoms with Crippen LogP contribution in [-0.2, 0) is 11.2 Å². The first-order chi connectivity index (χ1) is 8.58. The van der Waals surface area contributed by atoms with Gasteiger partial charge < -0.3 is 15.5 Å². The van der Waals surface area contributed by atoms with Crippen LogP contribution in [0.3, 0.4) is 0 Å². The Morgan fingerprint density at radius 1 is 1.39 bits per heavy atom. The quantitative estimate of drug-likeness (QED) is 0.816. The Balaban J connectivity index is 1.99. The van der Waals surface area contributed by atoms with E-state index in [4.69, 9.17) is 0 Å². The Labute approximate surface area is 106 Å². The third kappa shape index (κ3) is 2.61. The van der Waals surface area contributed by atoms with Crippen molar-refractivity contribution in [1.82, 2.24) is 10.2 Å². The van der Waals surface area contributed by atoms with E-state index in [1.165, 1.54) is 10.5 Å². The van der Waals surface area contributed by atoms with Crippen molar-refractivity contribution in [3.8, 4) is 0 Å². The molecule has 96 valence electrons. The molecule has 1 aliphatic heterocycles. The molecule has 0 fully saturated rings. The molecule has 0 bridgehead atoms. The third-order valence-electron chi connectivity index (χ3n) is 2.98. The lowest BCUT2D eigenvalue weighted by Crippen LogP contribution is -2.36. The molecule has 1 aromatic rings. The molecule has 5 nitrogen and oxygen atoms in total. The van der Waals surface area contributed by atoms with Gasteiger partial charge in [-0.1, -0.05) is 6.07 Å². The van der Waals surface area contributed by atoms with Crippen LogP contribution in [0.2, 0.25) is 0 Å². The zero-order valence-corrected chi connectivity index (χ0v) is 10.6. The summed E-state index contributed by atoms with van der Waals surface area (Å²) in [5.41, 5.74) is 2.83. The molecule has 0 saturated carbocycles. The maximum atomic E-state index is 11.9. The topological polar surface area (TPSA) is 61.4 Å². The zero-order valence-electron chi connectivity index (χ0n) is 10.6. The maximum Gasteiger partial charge on any atom is 0.251 e. The first-order valence-corrected chi connectivity index (χ1v) is 5.93. The number of carbonyl (C=O) groups excluding carboxylic acids is 2. The van der Waals surface area contributed by atoms with Gasteiger partial charge in [-0.3, -0.25) is 9.59 Å². The molecule has 2 amide bonds. The number of nitrogens with zero attached hydrogens (tertiary/aromatic N) is 1. The standard InChI is InChI=1S/C13H17N3O2/c1-16(2)12(17)8-15-13(18)10-4-3-9-5-6-14-11(9)7-10/h3-4,7,14H,5-6,8H2,1-2H3,(H,15,18). The van der Waals surface area contributed by atoms with Gasteiger partial charge in [0.25, 0.3) is 5.91 Å². The van der Waals surface area contributed by atoms with Crippen molar-refractivity contribution >= 4 is 17.5 Å². The van der Waals surface area contributed by atoms with Gasteiger partial charge in [0.1, 0.15) is 0 Å². The molecule has 2 N–H and O–H groups in total. The fourth-order valence-corrected chi connectivity index (χ4v) is 1.85. The van der Waals surface area contributed by atoms with Crippen LogP contribution in [0.1, 0.15) is 15.9 Å². The van der Waals surface area contributed by atoms with E-state index in [9.17, 15) is 9.59 Å². The summed E-state index contributed by atoms with van der Waals surface area (Å²) in [6, 6.07) is 5.58. The van der Waals surface area contributed by atoms with Crippen LogP contribution in [0.5, 0.6) is 0 Å². The van der Waals surface area contributed by atoms with Crippen LogP contribution in [0, 0.1) is 0 Å². The van der Waals surface area contributed by atoms with Gasteiger partial charge in [0.2, 0.25) is 5.91 Å². The smallest absolute Gasteiger partial charge is 0.251 e. The molecule has 1 aliphatic rings. The molecular formula is C13H17N3O2. The molecule has 18 heavy (non-hydrogen) atoms. The Morgan fingerprint density at radius 3 is 2.89 bits per heavy atom. The van der Waals surface area contributed by atoms with Crippen molar-refractivity contribution in [3.05, 3.63) is 29.3 Å². The van der Waals surface area contributed by atoms with Gasteiger partial charge in [-0.15, -0.1) is 0 Å². The van der Waals surface area contributed by atoms with E-state index in [1.54, 1.807) is 20.2 Å². The second-order valence-electron chi connectivity index (χ2n) is 4.52. The van der Waals surface area contributed by atoms with Gasteiger partial charge in [0, 0.05) is 31.9 Å². The number of hydrogen-bond donors (Lipinski definition) is 2. The highest BCUT2D eigenvalue weighted by atomic mass is 16.2. The average Bonchev–Trinajstić information content (AvgIpc) is 2.82. The number of nitrogens with one attached hydrogen (secondary N) is 2. The van der Waals surface area contributed by atoms with Crippen molar-refractivity contribution in [1.29, 1.82) is 0 Å². The summed E-state index contributed by atoms with van der Waals surface area (Å²) in [7, 11) is 3.32. The number of likely N-dealkylation sites (N-methyl/N-ethyl adjacent to an activating group) is 1. The Kier molecular flexibility index (Phi) is 3.50. The van der Waals surface area contributed by atoms with Crippen LogP contribution in [0.15, 0.2) is 18.2 Å². The van der Waals surface area contributed by atoms with Crippen LogP contribution in [0.4, 0.5) is 5.69 Å². The zero-order chi connectivity index (χ0) is 13.1. The van der Waals surface area contributed by atoms with E-state index in [0.29, 0.717) is 5.56 Å². The Morgan fingerprint density at radius 2 is 2.17 bits per heavy atom. The molecule has 2 rings (SSSR count). The van der Waals surface area contributed by atoms with Crippen molar-refractivity contribution in [3.63, 3.8) is 0 Å². The molecule has 0 unspecified atom stereocenters. The predicted molar refractivity (Wildman–Crippen MR) is 69.7 cm³/mol. The highest BCUT2D eigenvalue weighted by Gasteiger charge is 2.14. The summed E-state index contributed by atoms with van der Waals surface area (Å²) in [4.78, 5) is 24.7. The Hall–Kier alpha value is -2.04. The Bertz CT molecular complexity index is 483. The second kappa shape index (κ2) is 5.08. The fraction of sp³-hybridized carbons (Fsp3) is 0.385. The largest absolute Gasteiger partial charge is 0.384 e. The first kappa shape index (κ1) is 12.4. The molecular weight excluding hydrogens is 230 g/mol. The van der Waals surface area contributed by atoms with Crippen LogP contribution >= 0.6 is 0 Å². The van der Waals surface area contributed by atoms with Gasteiger partial charge in [0.05, 0.1) is 6.54 Å². The van der Waals surface area contributed by atoms with E-state index in [-0.39, 0.29) is 18.4 Å². The molecule has 0 radical (unpaired) electrons. The lowest BCUT2D eigenvalue weighted by Gasteiger charge is -2.11. The van der Waals surface area contributed by atoms with Crippen LogP contribution in [-0.4, -0.2) is 43.9 Å². The fourth-order valence-electron chi connectivity index (χ4n) is 1.85. The second-order valence-corrected chi connectivity index (χ2v) is 4.52. The highest BCUT2D eigenvalue weighted by molar-refractivity contribution is 5.97. The van der Waals surface area contributed by atoms with E-state index in [1.807, 2.05) is 12.1 Å². The minimum absolute atomic E-state index is 0.0242. The molecule has 0 aromatic heterocycles. The van der Waals surface area contributed by atoms with E-state index >= 15 is 0 Å². The van der Waals surface area contributed by atoms with Crippen molar-refractivity contribution in [2.75, 3.05) is 32.5 Å². The third-order valence-corrected chi connectivity index (χ3v) is 2.98. The lowest BCUT2D eigenvalue weighted by molar-refractivity contribution is -0.127. The van der Waals surface area contributed by atoms with E-state index < -0.39 is 0 Å². The van der Waals surface area contributed by atoms with Gasteiger partial charge in [-0.2, -0.15) is 0 Å². The molecule has 0 spiro atoms. The minimum atomic E-state index is -0.221. The van der Waals surface area contributed by atoms with Gasteiger partial charge in [-0.25, -0.2) is 0 Å². The maximum absolute atomic E-state index is 11.9. The lowest BCUT2D eigenvalue weighted by atomic mass is 10.1. The first-order valence-electron chi connectivity index (χ1n) is 5.93. The van der Waals surface area contributed by atoms with E-state index in [2.05, 4.69) is 10.6 Å². The molecule has 1 aromatic carbocycles. The molecule has 0 aliphatic carbocycles. The minimum Gasteiger partial charge on any atom is -0.384 e. The summed E-state index contributed by atoms with van der Waals surface area (Å²) in [6.45, 7) is 0.940. The molecule has 1 heterocycles. The van der Waals surface area contributed by atoms with Crippen molar-refractivity contribution in [2.45, 2.75) is 6.42 Å². The number of anilines is 1. The normalized spacial score (nSPS) is 12.6. The van der Waals surface area contributed by atoms with Crippen molar-refractivity contribution < 1.29 is 9.59 Å². The van der Waals surface area contributed by atoms with Crippen LogP contribution < -0.4 is 10.6 Å². The number of amides is 2. The van der Waals surface area contributed by atoms with Gasteiger partial charge in [0.15, 0.2) is 0 Å². The monoisotopic (exact) mass is 247 g/mol. The highest BCUT2D eigenvalue weighted by Crippen LogP contribution is 2.22. The summed E-state index contributed by atoms with van der Waals surface area (Å²) in [6.07, 6.45) is 0.996. The average molecular weight is 247 g/mol. The van der Waals surface area contributed by atoms with Crippen molar-refractivity contribution in [2.24, 2.45) is 0 Å². The molecule has 0 saturated heterocycles. The van der Waals surface area contributed by atoms with Gasteiger partial charge in [-0.05, 0) is 24.1 Å². The predicted octanol–water partition coefficient (Wildman–Crippen LogP) is 0.473. The number of hydrogen-bond acceptors (Lipinski definition) is 3. The summed E-state index contributed by atoms with van der Waals surface area (Å²) in [5, 5.41) is 5.84. The number of rotatable bonds is 3.